The summed E-state index contributed by atoms with van der Waals surface area (Å²) in [7, 11) is 1.89. The molecule has 0 saturated carbocycles. The Hall–Kier alpha value is -2.67. The molecular weight excluding hydrogens is 392 g/mol. The average molecular weight is 425 g/mol. The highest BCUT2D eigenvalue weighted by Crippen LogP contribution is 2.37. The minimum Gasteiger partial charge on any atom is -0.370 e. The highest BCUT2D eigenvalue weighted by molar-refractivity contribution is 5.94. The molecule has 0 radical (unpaired) electrons. The van der Waals surface area contributed by atoms with Gasteiger partial charge in [0.15, 0.2) is 5.69 Å². The fraction of sp³-hybridized carbons (Fsp3) is 0.542. The van der Waals surface area contributed by atoms with Crippen molar-refractivity contribution in [3.8, 4) is 0 Å². The number of hydrogen-bond donors (Lipinski definition) is 1. The van der Waals surface area contributed by atoms with Crippen molar-refractivity contribution in [1.82, 2.24) is 20.0 Å². The Bertz CT molecular complexity index is 969. The third kappa shape index (κ3) is 4.51. The van der Waals surface area contributed by atoms with Crippen molar-refractivity contribution in [2.75, 3.05) is 13.1 Å². The number of aromatic nitrogens is 2. The zero-order valence-corrected chi connectivity index (χ0v) is 18.9. The molecule has 7 nitrogen and oxygen atoms in total. The number of carbonyl (C=O) groups is 2. The van der Waals surface area contributed by atoms with E-state index in [-0.39, 0.29) is 23.5 Å². The largest absolute Gasteiger partial charge is 0.370 e. The van der Waals surface area contributed by atoms with Crippen molar-refractivity contribution in [2.24, 2.45) is 7.05 Å². The van der Waals surface area contributed by atoms with Gasteiger partial charge in [-0.15, -0.1) is 0 Å². The summed E-state index contributed by atoms with van der Waals surface area (Å²) >= 11 is 0. The van der Waals surface area contributed by atoms with Gasteiger partial charge in [0, 0.05) is 43.9 Å². The van der Waals surface area contributed by atoms with Gasteiger partial charge in [0.2, 0.25) is 5.91 Å². The standard InChI is InChI=1S/C24H32N4O3/c1-16(2)25-23(30)22-19-15-31-24(14-20(19)27(4)26-22)9-11-28(12-10-24)21(29)13-18-7-5-17(3)6-8-18/h5-8,16H,9-15H2,1-4H3,(H,25,30). The molecule has 1 aromatic carbocycles. The van der Waals surface area contributed by atoms with Gasteiger partial charge in [-0.25, -0.2) is 0 Å². The minimum absolute atomic E-state index is 0.0581. The second kappa shape index (κ2) is 8.46. The summed E-state index contributed by atoms with van der Waals surface area (Å²) in [6.07, 6.45) is 2.75. The molecule has 166 valence electrons. The molecular formula is C24H32N4O3. The summed E-state index contributed by atoms with van der Waals surface area (Å²) in [6, 6.07) is 8.21. The number of ether oxygens (including phenoxy) is 1. The lowest BCUT2D eigenvalue weighted by Crippen LogP contribution is -2.51. The van der Waals surface area contributed by atoms with E-state index < -0.39 is 0 Å². The number of likely N-dealkylation sites (tertiary alicyclic amines) is 1. The zero-order chi connectivity index (χ0) is 22.2. The van der Waals surface area contributed by atoms with Crippen molar-refractivity contribution in [2.45, 2.75) is 64.7 Å². The Morgan fingerprint density at radius 2 is 1.87 bits per heavy atom. The van der Waals surface area contributed by atoms with Crippen LogP contribution in [0.4, 0.5) is 0 Å². The van der Waals surface area contributed by atoms with Crippen LogP contribution in [0.25, 0.3) is 0 Å². The highest BCUT2D eigenvalue weighted by atomic mass is 16.5. The predicted molar refractivity (Wildman–Crippen MR) is 118 cm³/mol. The minimum atomic E-state index is -0.284. The second-order valence-electron chi connectivity index (χ2n) is 9.22. The molecule has 31 heavy (non-hydrogen) atoms. The number of nitrogens with one attached hydrogen (secondary N) is 1. The average Bonchev–Trinajstić information content (AvgIpc) is 3.05. The third-order valence-electron chi connectivity index (χ3n) is 6.43. The monoisotopic (exact) mass is 424 g/mol. The van der Waals surface area contributed by atoms with Crippen molar-refractivity contribution < 1.29 is 14.3 Å². The number of fused-ring (bicyclic) bond motifs is 1. The van der Waals surface area contributed by atoms with Crippen LogP contribution < -0.4 is 5.32 Å². The number of carbonyl (C=O) groups excluding carboxylic acids is 2. The summed E-state index contributed by atoms with van der Waals surface area (Å²) < 4.78 is 8.15. The molecule has 7 heteroatoms. The van der Waals surface area contributed by atoms with Crippen molar-refractivity contribution in [1.29, 1.82) is 0 Å². The van der Waals surface area contributed by atoms with Gasteiger partial charge in [-0.2, -0.15) is 5.10 Å². The maximum Gasteiger partial charge on any atom is 0.272 e. The molecule has 2 aliphatic rings. The Morgan fingerprint density at radius 3 is 2.52 bits per heavy atom. The molecule has 2 aliphatic heterocycles. The topological polar surface area (TPSA) is 76.5 Å². The first-order chi connectivity index (χ1) is 14.8. The fourth-order valence-corrected chi connectivity index (χ4v) is 4.55. The number of piperidine rings is 1. The first kappa shape index (κ1) is 21.6. The van der Waals surface area contributed by atoms with Crippen LogP contribution in [-0.4, -0.2) is 51.2 Å². The fourth-order valence-electron chi connectivity index (χ4n) is 4.55. The quantitative estimate of drug-likeness (QED) is 0.818. The van der Waals surface area contributed by atoms with Gasteiger partial charge in [0.25, 0.3) is 5.91 Å². The molecule has 1 fully saturated rings. The van der Waals surface area contributed by atoms with Gasteiger partial charge in [-0.05, 0) is 39.2 Å². The lowest BCUT2D eigenvalue weighted by Gasteiger charge is -2.44. The Labute approximate surface area is 183 Å². The van der Waals surface area contributed by atoms with Gasteiger partial charge in [0.05, 0.1) is 18.6 Å². The van der Waals surface area contributed by atoms with Crippen LogP contribution in [0, 0.1) is 6.92 Å². The number of amides is 2. The van der Waals surface area contributed by atoms with Gasteiger partial charge in [-0.1, -0.05) is 29.8 Å². The Kier molecular flexibility index (Phi) is 5.88. The summed E-state index contributed by atoms with van der Waals surface area (Å²) in [5.41, 5.74) is 4.39. The van der Waals surface area contributed by atoms with E-state index in [0.29, 0.717) is 31.8 Å². The van der Waals surface area contributed by atoms with Gasteiger partial charge in [0.1, 0.15) is 0 Å². The van der Waals surface area contributed by atoms with E-state index in [1.165, 1.54) is 5.56 Å². The summed E-state index contributed by atoms with van der Waals surface area (Å²) in [5, 5.41) is 7.40. The van der Waals surface area contributed by atoms with Crippen molar-refractivity contribution in [3.05, 3.63) is 52.3 Å². The molecule has 1 spiro atoms. The van der Waals surface area contributed by atoms with Crippen LogP contribution in [-0.2, 0) is 36.0 Å². The van der Waals surface area contributed by atoms with Gasteiger partial charge >= 0.3 is 0 Å². The Morgan fingerprint density at radius 1 is 1.19 bits per heavy atom. The van der Waals surface area contributed by atoms with Crippen LogP contribution in [0.2, 0.25) is 0 Å². The van der Waals surface area contributed by atoms with Gasteiger partial charge < -0.3 is 15.0 Å². The lowest BCUT2D eigenvalue weighted by molar-refractivity contribution is -0.140. The third-order valence-corrected chi connectivity index (χ3v) is 6.43. The Balaban J connectivity index is 1.40. The van der Waals surface area contributed by atoms with Crippen LogP contribution in [0.15, 0.2) is 24.3 Å². The number of rotatable bonds is 4. The molecule has 1 saturated heterocycles. The number of benzene rings is 1. The van der Waals surface area contributed by atoms with Crippen LogP contribution in [0.5, 0.6) is 0 Å². The highest BCUT2D eigenvalue weighted by Gasteiger charge is 2.42. The van der Waals surface area contributed by atoms with Gasteiger partial charge in [-0.3, -0.25) is 14.3 Å². The lowest BCUT2D eigenvalue weighted by atomic mass is 9.83. The van der Waals surface area contributed by atoms with E-state index in [1.807, 2.05) is 61.7 Å². The molecule has 3 heterocycles. The van der Waals surface area contributed by atoms with E-state index in [4.69, 9.17) is 4.74 Å². The van der Waals surface area contributed by atoms with Crippen LogP contribution in [0.3, 0.4) is 0 Å². The molecule has 4 rings (SSSR count). The molecule has 0 unspecified atom stereocenters. The number of aryl methyl sites for hydroxylation is 2. The van der Waals surface area contributed by atoms with E-state index in [9.17, 15) is 9.59 Å². The maximum absolute atomic E-state index is 12.8. The molecule has 1 aromatic heterocycles. The zero-order valence-electron chi connectivity index (χ0n) is 18.9. The summed E-state index contributed by atoms with van der Waals surface area (Å²) in [5.74, 6) is 0.0197. The van der Waals surface area contributed by atoms with E-state index >= 15 is 0 Å². The normalized spacial score (nSPS) is 17.6. The maximum atomic E-state index is 12.8. The van der Waals surface area contributed by atoms with Crippen LogP contribution >= 0.6 is 0 Å². The SMILES string of the molecule is Cc1ccc(CC(=O)N2CCC3(CC2)Cc2c(c(C(=O)NC(C)C)nn2C)CO3)cc1. The molecule has 2 aromatic rings. The molecule has 0 bridgehead atoms. The smallest absolute Gasteiger partial charge is 0.272 e. The number of nitrogens with zero attached hydrogens (tertiary/aromatic N) is 3. The van der Waals surface area contributed by atoms with Crippen LogP contribution in [0.1, 0.15) is 59.6 Å². The molecule has 1 N–H and O–H groups in total. The van der Waals surface area contributed by atoms with E-state index in [2.05, 4.69) is 10.4 Å². The first-order valence-electron chi connectivity index (χ1n) is 11.1. The van der Waals surface area contributed by atoms with Crippen molar-refractivity contribution in [3.63, 3.8) is 0 Å². The molecule has 0 atom stereocenters. The first-order valence-corrected chi connectivity index (χ1v) is 11.1. The molecule has 2 amide bonds. The van der Waals surface area contributed by atoms with Crippen molar-refractivity contribution >= 4 is 11.8 Å². The predicted octanol–water partition coefficient (Wildman–Crippen LogP) is 2.54. The van der Waals surface area contributed by atoms with E-state index in [0.717, 1.165) is 36.1 Å². The second-order valence-corrected chi connectivity index (χ2v) is 9.22. The van der Waals surface area contributed by atoms with E-state index in [1.54, 1.807) is 0 Å². The number of hydrogen-bond acceptors (Lipinski definition) is 4. The molecule has 0 aliphatic carbocycles. The summed E-state index contributed by atoms with van der Waals surface area (Å²) in [4.78, 5) is 27.2. The summed E-state index contributed by atoms with van der Waals surface area (Å²) in [6.45, 7) is 7.70.